The Hall–Kier alpha value is -6.38. The van der Waals surface area contributed by atoms with Crippen LogP contribution in [-0.2, 0) is 0 Å². The van der Waals surface area contributed by atoms with Gasteiger partial charge in [-0.15, -0.1) is 0 Å². The first kappa shape index (κ1) is 27.9. The molecular formula is C46H32N2. The molecule has 2 nitrogen and oxygen atoms in total. The van der Waals surface area contributed by atoms with Crippen molar-refractivity contribution in [3.8, 4) is 27.9 Å². The van der Waals surface area contributed by atoms with Crippen molar-refractivity contribution in [2.24, 2.45) is 0 Å². The van der Waals surface area contributed by atoms with Gasteiger partial charge in [0.1, 0.15) is 0 Å². The monoisotopic (exact) mass is 612 g/mol. The largest absolute Gasteiger partial charge is 0.310 e. The molecule has 226 valence electrons. The standard InChI is InChI=1S/C46H32N2/c1-4-15-37(16-5-1)47(38-17-6-2-7-18-38)40-28-30-44-43-29-27-36(31-45(43)48(46(44)32-40)39-19-8-3-9-20-39)33-23-25-35(26-24-33)42-22-12-14-34-13-10-11-21-41(34)42/h1-32H. The summed E-state index contributed by atoms with van der Waals surface area (Å²) in [6.45, 7) is 0. The van der Waals surface area contributed by atoms with E-state index in [2.05, 4.69) is 204 Å². The molecule has 0 aliphatic rings. The van der Waals surface area contributed by atoms with E-state index in [9.17, 15) is 0 Å². The second-order valence-electron chi connectivity index (χ2n) is 12.2. The second kappa shape index (κ2) is 11.8. The molecule has 48 heavy (non-hydrogen) atoms. The van der Waals surface area contributed by atoms with Gasteiger partial charge in [-0.1, -0.05) is 140 Å². The number of fused-ring (bicyclic) bond motifs is 4. The Balaban J connectivity index is 1.20. The minimum atomic E-state index is 1.11. The van der Waals surface area contributed by atoms with Crippen LogP contribution in [0.5, 0.6) is 0 Å². The quantitative estimate of drug-likeness (QED) is 0.181. The van der Waals surface area contributed by atoms with E-state index in [4.69, 9.17) is 0 Å². The van der Waals surface area contributed by atoms with Gasteiger partial charge in [-0.05, 0) is 87.6 Å². The van der Waals surface area contributed by atoms with Crippen LogP contribution in [0, 0.1) is 0 Å². The molecule has 8 aromatic carbocycles. The van der Waals surface area contributed by atoms with Crippen LogP contribution in [0.3, 0.4) is 0 Å². The third-order valence-corrected chi connectivity index (χ3v) is 9.37. The smallest absolute Gasteiger partial charge is 0.0561 e. The maximum absolute atomic E-state index is 2.41. The van der Waals surface area contributed by atoms with Crippen LogP contribution >= 0.6 is 0 Å². The minimum absolute atomic E-state index is 1.11. The van der Waals surface area contributed by atoms with E-state index < -0.39 is 0 Å². The zero-order chi connectivity index (χ0) is 31.9. The van der Waals surface area contributed by atoms with Gasteiger partial charge < -0.3 is 9.47 Å². The average Bonchev–Trinajstić information content (AvgIpc) is 3.49. The van der Waals surface area contributed by atoms with E-state index in [1.54, 1.807) is 0 Å². The molecule has 0 N–H and O–H groups in total. The van der Waals surface area contributed by atoms with E-state index >= 15 is 0 Å². The van der Waals surface area contributed by atoms with Crippen molar-refractivity contribution in [3.63, 3.8) is 0 Å². The number of hydrogen-bond acceptors (Lipinski definition) is 1. The van der Waals surface area contributed by atoms with Crippen LogP contribution < -0.4 is 4.90 Å². The van der Waals surface area contributed by atoms with E-state index in [-0.39, 0.29) is 0 Å². The van der Waals surface area contributed by atoms with Crippen LogP contribution in [0.4, 0.5) is 17.1 Å². The van der Waals surface area contributed by atoms with Gasteiger partial charge in [0.25, 0.3) is 0 Å². The van der Waals surface area contributed by atoms with Gasteiger partial charge in [0.15, 0.2) is 0 Å². The summed E-state index contributed by atoms with van der Waals surface area (Å²) >= 11 is 0. The van der Waals surface area contributed by atoms with Gasteiger partial charge in [-0.2, -0.15) is 0 Å². The molecule has 0 amide bonds. The van der Waals surface area contributed by atoms with Crippen LogP contribution in [0.1, 0.15) is 0 Å². The molecule has 1 aromatic heterocycles. The molecule has 0 aliphatic carbocycles. The van der Waals surface area contributed by atoms with Crippen LogP contribution in [0.25, 0.3) is 60.5 Å². The Morgan fingerprint density at radius 1 is 0.333 bits per heavy atom. The van der Waals surface area contributed by atoms with Crippen molar-refractivity contribution in [3.05, 3.63) is 194 Å². The first-order chi connectivity index (χ1) is 23.8. The van der Waals surface area contributed by atoms with E-state index in [1.807, 2.05) is 0 Å². The number of aromatic nitrogens is 1. The summed E-state index contributed by atoms with van der Waals surface area (Å²) in [6.07, 6.45) is 0. The lowest BCUT2D eigenvalue weighted by Crippen LogP contribution is -2.09. The second-order valence-corrected chi connectivity index (χ2v) is 12.2. The van der Waals surface area contributed by atoms with Gasteiger partial charge in [-0.3, -0.25) is 0 Å². The molecule has 0 aliphatic heterocycles. The predicted molar refractivity (Wildman–Crippen MR) is 204 cm³/mol. The highest BCUT2D eigenvalue weighted by molar-refractivity contribution is 6.11. The topological polar surface area (TPSA) is 8.17 Å². The van der Waals surface area contributed by atoms with Gasteiger partial charge in [0, 0.05) is 33.5 Å². The molecule has 0 unspecified atom stereocenters. The lowest BCUT2D eigenvalue weighted by molar-refractivity contribution is 1.18. The minimum Gasteiger partial charge on any atom is -0.310 e. The third-order valence-electron chi connectivity index (χ3n) is 9.37. The van der Waals surface area contributed by atoms with Crippen molar-refractivity contribution in [2.75, 3.05) is 4.90 Å². The molecule has 0 saturated heterocycles. The molecule has 9 aromatic rings. The summed E-state index contributed by atoms with van der Waals surface area (Å²) in [5.74, 6) is 0. The molecule has 0 fully saturated rings. The summed E-state index contributed by atoms with van der Waals surface area (Å²) in [5, 5.41) is 5.01. The number of nitrogens with zero attached hydrogens (tertiary/aromatic N) is 2. The van der Waals surface area contributed by atoms with Crippen molar-refractivity contribution in [1.82, 2.24) is 4.57 Å². The van der Waals surface area contributed by atoms with Gasteiger partial charge in [0.05, 0.1) is 11.0 Å². The number of hydrogen-bond donors (Lipinski definition) is 0. The van der Waals surface area contributed by atoms with E-state index in [0.717, 1.165) is 22.7 Å². The summed E-state index contributed by atoms with van der Waals surface area (Å²) < 4.78 is 2.41. The fourth-order valence-electron chi connectivity index (χ4n) is 7.10. The van der Waals surface area contributed by atoms with Crippen molar-refractivity contribution >= 4 is 49.6 Å². The lowest BCUT2D eigenvalue weighted by atomic mass is 9.96. The Morgan fingerprint density at radius 3 is 1.58 bits per heavy atom. The summed E-state index contributed by atoms with van der Waals surface area (Å²) in [4.78, 5) is 2.33. The summed E-state index contributed by atoms with van der Waals surface area (Å²) in [6, 6.07) is 69.8. The first-order valence-corrected chi connectivity index (χ1v) is 16.4. The number of anilines is 3. The Labute approximate surface area is 280 Å². The highest BCUT2D eigenvalue weighted by atomic mass is 15.1. The van der Waals surface area contributed by atoms with Crippen molar-refractivity contribution in [1.29, 1.82) is 0 Å². The maximum atomic E-state index is 2.41. The molecule has 0 atom stereocenters. The third kappa shape index (κ3) is 4.83. The highest BCUT2D eigenvalue weighted by Gasteiger charge is 2.18. The lowest BCUT2D eigenvalue weighted by Gasteiger charge is -2.25. The highest BCUT2D eigenvalue weighted by Crippen LogP contribution is 2.40. The molecular weight excluding hydrogens is 581 g/mol. The van der Waals surface area contributed by atoms with Gasteiger partial charge in [0.2, 0.25) is 0 Å². The molecule has 1 heterocycles. The Kier molecular flexibility index (Phi) is 6.84. The van der Waals surface area contributed by atoms with E-state index in [0.29, 0.717) is 0 Å². The summed E-state index contributed by atoms with van der Waals surface area (Å²) in [7, 11) is 0. The van der Waals surface area contributed by atoms with Gasteiger partial charge in [-0.25, -0.2) is 0 Å². The predicted octanol–water partition coefficient (Wildman–Crippen LogP) is 12.7. The normalized spacial score (nSPS) is 11.3. The zero-order valence-electron chi connectivity index (χ0n) is 26.4. The van der Waals surface area contributed by atoms with Crippen LogP contribution in [0.15, 0.2) is 194 Å². The van der Waals surface area contributed by atoms with Crippen molar-refractivity contribution < 1.29 is 0 Å². The Bertz CT molecular complexity index is 2490. The molecule has 0 spiro atoms. The van der Waals surface area contributed by atoms with E-state index in [1.165, 1.54) is 54.8 Å². The molecule has 0 radical (unpaired) electrons. The molecule has 0 saturated carbocycles. The first-order valence-electron chi connectivity index (χ1n) is 16.4. The van der Waals surface area contributed by atoms with Crippen molar-refractivity contribution in [2.45, 2.75) is 0 Å². The average molecular weight is 613 g/mol. The maximum Gasteiger partial charge on any atom is 0.0561 e. The molecule has 9 rings (SSSR count). The van der Waals surface area contributed by atoms with Gasteiger partial charge >= 0.3 is 0 Å². The van der Waals surface area contributed by atoms with Crippen LogP contribution in [-0.4, -0.2) is 4.57 Å². The number of rotatable bonds is 6. The van der Waals surface area contributed by atoms with Crippen LogP contribution in [0.2, 0.25) is 0 Å². The summed E-state index contributed by atoms with van der Waals surface area (Å²) in [5.41, 5.74) is 11.8. The number of benzene rings is 8. The fourth-order valence-corrected chi connectivity index (χ4v) is 7.10. The molecule has 0 bridgehead atoms. The zero-order valence-corrected chi connectivity index (χ0v) is 26.4. The Morgan fingerprint density at radius 2 is 0.875 bits per heavy atom. The number of para-hydroxylation sites is 3. The molecule has 2 heteroatoms. The SMILES string of the molecule is c1ccc(N(c2ccccc2)c2ccc3c4ccc(-c5ccc(-c6cccc7ccccc67)cc5)cc4n(-c4ccccc4)c3c2)cc1. The fraction of sp³-hybridized carbons (Fsp3) is 0.